The maximum absolute atomic E-state index is 12.9. The van der Waals surface area contributed by atoms with Crippen molar-refractivity contribution in [3.8, 4) is 0 Å². The van der Waals surface area contributed by atoms with Gasteiger partial charge in [0.1, 0.15) is 0 Å². The molecule has 21 heavy (non-hydrogen) atoms. The molecule has 4 nitrogen and oxygen atoms in total. The van der Waals surface area contributed by atoms with Gasteiger partial charge in [-0.3, -0.25) is 4.79 Å². The molecule has 0 N–H and O–H groups in total. The summed E-state index contributed by atoms with van der Waals surface area (Å²) in [6.07, 6.45) is -3.78. The van der Waals surface area contributed by atoms with Crippen molar-refractivity contribution in [2.45, 2.75) is 45.1 Å². The summed E-state index contributed by atoms with van der Waals surface area (Å²) in [5.41, 5.74) is -3.07. The van der Waals surface area contributed by atoms with Gasteiger partial charge in [0.15, 0.2) is 0 Å². The quantitative estimate of drug-likeness (QED) is 0.742. The predicted octanol–water partition coefficient (Wildman–Crippen LogP) is 1.70. The molecule has 1 saturated heterocycles. The molecule has 0 bridgehead atoms. The number of pyridine rings is 1. The van der Waals surface area contributed by atoms with Crippen LogP contribution in [0.1, 0.15) is 33.3 Å². The Labute approximate surface area is 121 Å². The Kier molecular flexibility index (Phi) is 3.53. The molecule has 0 atom stereocenters. The van der Waals surface area contributed by atoms with Crippen LogP contribution in [0.15, 0.2) is 17.1 Å². The van der Waals surface area contributed by atoms with Crippen molar-refractivity contribution in [2.24, 2.45) is 7.05 Å². The van der Waals surface area contributed by atoms with Crippen LogP contribution in [0.4, 0.5) is 13.2 Å². The van der Waals surface area contributed by atoms with Gasteiger partial charge in [-0.15, -0.1) is 0 Å². The minimum Gasteiger partial charge on any atom is -0.399 e. The van der Waals surface area contributed by atoms with Crippen molar-refractivity contribution in [3.63, 3.8) is 0 Å². The normalized spacial score (nSPS) is 20.9. The molecular formula is C13H17BF3NO3. The Morgan fingerprint density at radius 2 is 1.62 bits per heavy atom. The van der Waals surface area contributed by atoms with Gasteiger partial charge in [-0.05, 0) is 33.8 Å². The largest absolute Gasteiger partial charge is 0.500 e. The van der Waals surface area contributed by atoms with Gasteiger partial charge in [0, 0.05) is 18.7 Å². The zero-order valence-corrected chi connectivity index (χ0v) is 12.5. The van der Waals surface area contributed by atoms with E-state index in [1.165, 1.54) is 7.05 Å². The Hall–Kier alpha value is -1.28. The lowest BCUT2D eigenvalue weighted by atomic mass is 9.79. The SMILES string of the molecule is Cn1cc(C(F)(F)F)cc(B2OC(C)(C)C(C)(C)O2)c1=O. The Morgan fingerprint density at radius 3 is 2.05 bits per heavy atom. The van der Waals surface area contributed by atoms with Gasteiger partial charge in [-0.1, -0.05) is 0 Å². The van der Waals surface area contributed by atoms with Crippen LogP contribution in [0.25, 0.3) is 0 Å². The zero-order valence-electron chi connectivity index (χ0n) is 12.5. The van der Waals surface area contributed by atoms with Gasteiger partial charge in [0.05, 0.1) is 16.8 Å². The summed E-state index contributed by atoms with van der Waals surface area (Å²) in [7, 11) is 0.155. The fourth-order valence-electron chi connectivity index (χ4n) is 2.03. The van der Waals surface area contributed by atoms with E-state index in [4.69, 9.17) is 9.31 Å². The Morgan fingerprint density at radius 1 is 1.14 bits per heavy atom. The van der Waals surface area contributed by atoms with Crippen molar-refractivity contribution >= 4 is 12.6 Å². The van der Waals surface area contributed by atoms with Crippen LogP contribution < -0.4 is 11.0 Å². The molecule has 1 aromatic heterocycles. The summed E-state index contributed by atoms with van der Waals surface area (Å²) in [4.78, 5) is 12.1. The molecule has 0 aromatic carbocycles. The molecule has 1 aliphatic rings. The fourth-order valence-corrected chi connectivity index (χ4v) is 2.03. The summed E-state index contributed by atoms with van der Waals surface area (Å²) < 4.78 is 50.8. The maximum Gasteiger partial charge on any atom is 0.500 e. The standard InChI is InChI=1S/C13H17BF3NO3/c1-11(2)12(3,4)21-14(20-11)9-6-8(13(15,16)17)7-18(5)10(9)19/h6-7H,1-5H3. The van der Waals surface area contributed by atoms with E-state index in [0.717, 1.165) is 16.8 Å². The second-order valence-corrected chi connectivity index (χ2v) is 6.19. The smallest absolute Gasteiger partial charge is 0.399 e. The highest BCUT2D eigenvalue weighted by atomic mass is 19.4. The van der Waals surface area contributed by atoms with Crippen molar-refractivity contribution in [1.29, 1.82) is 0 Å². The molecule has 2 heterocycles. The van der Waals surface area contributed by atoms with E-state index in [2.05, 4.69) is 0 Å². The number of hydrogen-bond donors (Lipinski definition) is 0. The molecule has 116 valence electrons. The van der Waals surface area contributed by atoms with Gasteiger partial charge >= 0.3 is 13.3 Å². The third kappa shape index (κ3) is 2.74. The first-order valence-electron chi connectivity index (χ1n) is 6.48. The number of alkyl halides is 3. The van der Waals surface area contributed by atoms with Crippen LogP contribution in [0.5, 0.6) is 0 Å². The lowest BCUT2D eigenvalue weighted by molar-refractivity contribution is -0.138. The minimum absolute atomic E-state index is 0.147. The molecular weight excluding hydrogens is 286 g/mol. The molecule has 0 amide bonds. The number of halogens is 3. The summed E-state index contributed by atoms with van der Waals surface area (Å²) >= 11 is 0. The summed E-state index contributed by atoms with van der Waals surface area (Å²) in [5, 5.41) is 0. The van der Waals surface area contributed by atoms with E-state index in [1.54, 1.807) is 27.7 Å². The second-order valence-electron chi connectivity index (χ2n) is 6.19. The number of aryl methyl sites for hydroxylation is 1. The molecule has 0 saturated carbocycles. The van der Waals surface area contributed by atoms with E-state index in [-0.39, 0.29) is 5.46 Å². The van der Waals surface area contributed by atoms with E-state index in [1.807, 2.05) is 0 Å². The lowest BCUT2D eigenvalue weighted by Gasteiger charge is -2.32. The van der Waals surface area contributed by atoms with Gasteiger partial charge in [0.2, 0.25) is 5.56 Å². The molecule has 0 radical (unpaired) electrons. The summed E-state index contributed by atoms with van der Waals surface area (Å²) in [6.45, 7) is 7.08. The zero-order chi connectivity index (χ0) is 16.2. The third-order valence-electron chi connectivity index (χ3n) is 4.05. The number of nitrogens with zero attached hydrogens (tertiary/aromatic N) is 1. The Balaban J connectivity index is 2.51. The van der Waals surface area contributed by atoms with E-state index in [0.29, 0.717) is 0 Å². The number of hydrogen-bond acceptors (Lipinski definition) is 3. The molecule has 1 aromatic rings. The van der Waals surface area contributed by atoms with Gasteiger partial charge in [0.25, 0.3) is 0 Å². The lowest BCUT2D eigenvalue weighted by Crippen LogP contribution is -2.47. The van der Waals surface area contributed by atoms with Crippen LogP contribution in [-0.2, 0) is 22.5 Å². The predicted molar refractivity (Wildman–Crippen MR) is 72.4 cm³/mol. The highest BCUT2D eigenvalue weighted by Crippen LogP contribution is 2.36. The number of aromatic nitrogens is 1. The van der Waals surface area contributed by atoms with Gasteiger partial charge in [-0.25, -0.2) is 0 Å². The highest BCUT2D eigenvalue weighted by molar-refractivity contribution is 6.62. The van der Waals surface area contributed by atoms with Crippen molar-refractivity contribution in [1.82, 2.24) is 4.57 Å². The van der Waals surface area contributed by atoms with Gasteiger partial charge in [-0.2, -0.15) is 13.2 Å². The highest BCUT2D eigenvalue weighted by Gasteiger charge is 2.53. The molecule has 2 rings (SSSR count). The van der Waals surface area contributed by atoms with Gasteiger partial charge < -0.3 is 13.9 Å². The monoisotopic (exact) mass is 303 g/mol. The third-order valence-corrected chi connectivity index (χ3v) is 4.05. The first-order chi connectivity index (χ1) is 9.35. The van der Waals surface area contributed by atoms with Crippen molar-refractivity contribution in [2.75, 3.05) is 0 Å². The molecule has 8 heteroatoms. The molecule has 1 aliphatic heterocycles. The van der Waals surface area contributed by atoms with Crippen molar-refractivity contribution < 1.29 is 22.5 Å². The molecule has 0 spiro atoms. The minimum atomic E-state index is -4.54. The van der Waals surface area contributed by atoms with E-state index >= 15 is 0 Å². The van der Waals surface area contributed by atoms with E-state index < -0.39 is 35.6 Å². The van der Waals surface area contributed by atoms with Crippen LogP contribution in [0.3, 0.4) is 0 Å². The van der Waals surface area contributed by atoms with Crippen LogP contribution in [-0.4, -0.2) is 22.9 Å². The fraction of sp³-hybridized carbons (Fsp3) is 0.615. The van der Waals surface area contributed by atoms with E-state index in [9.17, 15) is 18.0 Å². The maximum atomic E-state index is 12.9. The average molecular weight is 303 g/mol. The summed E-state index contributed by atoms with van der Waals surface area (Å²) in [6, 6.07) is 0.796. The van der Waals surface area contributed by atoms with Crippen molar-refractivity contribution in [3.05, 3.63) is 28.2 Å². The summed E-state index contributed by atoms with van der Waals surface area (Å²) in [5.74, 6) is 0. The molecule has 1 fully saturated rings. The first kappa shape index (κ1) is 16.1. The average Bonchev–Trinajstić information content (AvgIpc) is 2.50. The van der Waals surface area contributed by atoms with Crippen LogP contribution >= 0.6 is 0 Å². The first-order valence-corrected chi connectivity index (χ1v) is 6.48. The topological polar surface area (TPSA) is 40.5 Å². The molecule has 0 aliphatic carbocycles. The second kappa shape index (κ2) is 4.61. The molecule has 0 unspecified atom stereocenters. The van der Waals surface area contributed by atoms with Crippen LogP contribution in [0, 0.1) is 0 Å². The van der Waals surface area contributed by atoms with Crippen LogP contribution in [0.2, 0.25) is 0 Å². The number of rotatable bonds is 1. The Bertz CT molecular complexity index is 606.